The minimum absolute atomic E-state index is 0.0455. The van der Waals surface area contributed by atoms with Gasteiger partial charge in [0.25, 0.3) is 0 Å². The van der Waals surface area contributed by atoms with E-state index in [0.29, 0.717) is 29.9 Å². The molecule has 2 unspecified atom stereocenters. The molecule has 2 atom stereocenters. The van der Waals surface area contributed by atoms with Crippen LogP contribution in [0.1, 0.15) is 55.1 Å². The van der Waals surface area contributed by atoms with Crippen molar-refractivity contribution in [3.63, 3.8) is 0 Å². The van der Waals surface area contributed by atoms with Gasteiger partial charge in [0.05, 0.1) is 22.7 Å². The summed E-state index contributed by atoms with van der Waals surface area (Å²) in [5.74, 6) is -1.80. The zero-order valence-corrected chi connectivity index (χ0v) is 18.0. The van der Waals surface area contributed by atoms with E-state index in [0.717, 1.165) is 19.3 Å². The van der Waals surface area contributed by atoms with Gasteiger partial charge in [0, 0.05) is 36.8 Å². The van der Waals surface area contributed by atoms with Crippen molar-refractivity contribution in [1.29, 1.82) is 5.26 Å². The highest BCUT2D eigenvalue weighted by Gasteiger charge is 2.38. The van der Waals surface area contributed by atoms with Crippen molar-refractivity contribution >= 4 is 22.6 Å². The number of rotatable bonds is 5. The normalized spacial score (nSPS) is 20.1. The molecule has 4 rings (SSSR count). The predicted octanol–water partition coefficient (Wildman–Crippen LogP) is 3.19. The zero-order chi connectivity index (χ0) is 22.7. The highest BCUT2D eigenvalue weighted by Crippen LogP contribution is 2.41. The van der Waals surface area contributed by atoms with E-state index in [2.05, 4.69) is 6.07 Å². The van der Waals surface area contributed by atoms with Crippen LogP contribution in [0.15, 0.2) is 17.1 Å². The summed E-state index contributed by atoms with van der Waals surface area (Å²) in [6.07, 6.45) is 3.94. The molecule has 31 heavy (non-hydrogen) atoms. The molecule has 0 spiro atoms. The Morgan fingerprint density at radius 3 is 2.65 bits per heavy atom. The lowest BCUT2D eigenvalue weighted by Crippen LogP contribution is -2.43. The van der Waals surface area contributed by atoms with Crippen LogP contribution in [0.5, 0.6) is 0 Å². The summed E-state index contributed by atoms with van der Waals surface area (Å²) < 4.78 is 17.1. The van der Waals surface area contributed by atoms with Crippen molar-refractivity contribution in [2.45, 2.75) is 52.1 Å². The number of pyridine rings is 1. The van der Waals surface area contributed by atoms with E-state index in [4.69, 9.17) is 5.73 Å². The largest absolute Gasteiger partial charge is 0.477 e. The molecular weight excluding hydrogens is 399 g/mol. The standard InChI is InChI=1S/C23H27FN4O3/c1-12-18-15(20(29)16(22(30)31)10-28(18)14-4-5-14)8-17(24)19(12)27-7-6-13(9-27)21(26)23(2,3)11-25/h8,10,13-14,21H,4-7,9,26H2,1-3H3,(H,30,31). The molecule has 1 saturated heterocycles. The van der Waals surface area contributed by atoms with Crippen LogP contribution < -0.4 is 16.1 Å². The number of nitriles is 1. The minimum atomic E-state index is -1.31. The Bertz CT molecular complexity index is 1180. The fraction of sp³-hybridized carbons (Fsp3) is 0.522. The number of nitrogens with zero attached hydrogens (tertiary/aromatic N) is 3. The Morgan fingerprint density at radius 2 is 2.06 bits per heavy atom. The van der Waals surface area contributed by atoms with Crippen LogP contribution in [0.25, 0.3) is 10.9 Å². The van der Waals surface area contributed by atoms with Gasteiger partial charge >= 0.3 is 5.97 Å². The van der Waals surface area contributed by atoms with E-state index in [1.165, 1.54) is 12.3 Å². The average molecular weight is 426 g/mol. The number of anilines is 1. The number of aromatic carboxylic acids is 1. The Kier molecular flexibility index (Phi) is 5.05. The maximum atomic E-state index is 15.3. The van der Waals surface area contributed by atoms with Crippen LogP contribution in [0.2, 0.25) is 0 Å². The molecule has 164 valence electrons. The summed E-state index contributed by atoms with van der Waals surface area (Å²) in [4.78, 5) is 26.3. The number of hydrogen-bond acceptors (Lipinski definition) is 5. The molecule has 1 aromatic carbocycles. The van der Waals surface area contributed by atoms with Crippen molar-refractivity contribution in [3.05, 3.63) is 39.4 Å². The molecule has 0 bridgehead atoms. The van der Waals surface area contributed by atoms with Gasteiger partial charge < -0.3 is 20.3 Å². The second kappa shape index (κ2) is 7.34. The smallest absolute Gasteiger partial charge is 0.341 e. The quantitative estimate of drug-likeness (QED) is 0.759. The van der Waals surface area contributed by atoms with Crippen molar-refractivity contribution in [2.24, 2.45) is 17.1 Å². The first kappa shape index (κ1) is 21.3. The Labute approximate surface area is 179 Å². The number of fused-ring (bicyclic) bond motifs is 1. The number of carbonyl (C=O) groups is 1. The number of nitrogens with two attached hydrogens (primary N) is 1. The lowest BCUT2D eigenvalue weighted by atomic mass is 9.79. The second-order valence-electron chi connectivity index (χ2n) is 9.40. The summed E-state index contributed by atoms with van der Waals surface area (Å²) >= 11 is 0. The van der Waals surface area contributed by atoms with E-state index in [-0.39, 0.29) is 29.0 Å². The molecule has 2 aliphatic rings. The molecule has 1 saturated carbocycles. The first-order valence-corrected chi connectivity index (χ1v) is 10.6. The first-order valence-electron chi connectivity index (χ1n) is 10.6. The number of carboxylic acids is 1. The number of halogens is 1. The number of carboxylic acid groups (broad SMARTS) is 1. The van der Waals surface area contributed by atoms with Crippen LogP contribution in [-0.2, 0) is 0 Å². The molecule has 0 amide bonds. The van der Waals surface area contributed by atoms with Crippen LogP contribution >= 0.6 is 0 Å². The van der Waals surface area contributed by atoms with Gasteiger partial charge in [-0.05, 0) is 57.6 Å². The SMILES string of the molecule is Cc1c(N2CCC(C(N)C(C)(C)C#N)C2)c(F)cc2c(=O)c(C(=O)O)cn(C3CC3)c12. The van der Waals surface area contributed by atoms with Crippen molar-refractivity contribution in [1.82, 2.24) is 4.57 Å². The van der Waals surface area contributed by atoms with Gasteiger partial charge in [-0.1, -0.05) is 0 Å². The molecule has 2 fully saturated rings. The highest BCUT2D eigenvalue weighted by atomic mass is 19.1. The molecular formula is C23H27FN4O3. The molecule has 7 nitrogen and oxygen atoms in total. The number of aryl methyl sites for hydroxylation is 1. The molecule has 3 N–H and O–H groups in total. The third-order valence-electron chi connectivity index (χ3n) is 6.82. The molecule has 1 aliphatic heterocycles. The van der Waals surface area contributed by atoms with Crippen LogP contribution in [0.3, 0.4) is 0 Å². The van der Waals surface area contributed by atoms with E-state index < -0.39 is 22.6 Å². The maximum Gasteiger partial charge on any atom is 0.341 e. The Hall–Kier alpha value is -2.92. The summed E-state index contributed by atoms with van der Waals surface area (Å²) in [5.41, 5.74) is 6.34. The average Bonchev–Trinajstić information content (AvgIpc) is 3.45. The predicted molar refractivity (Wildman–Crippen MR) is 116 cm³/mol. The Balaban J connectivity index is 1.81. The van der Waals surface area contributed by atoms with Crippen LogP contribution in [0.4, 0.5) is 10.1 Å². The first-order chi connectivity index (χ1) is 14.6. The third-order valence-corrected chi connectivity index (χ3v) is 6.82. The number of hydrogen-bond donors (Lipinski definition) is 2. The van der Waals surface area contributed by atoms with E-state index in [9.17, 15) is 20.0 Å². The van der Waals surface area contributed by atoms with Gasteiger partial charge in [-0.15, -0.1) is 0 Å². The maximum absolute atomic E-state index is 15.3. The second-order valence-corrected chi connectivity index (χ2v) is 9.40. The summed E-state index contributed by atoms with van der Waals surface area (Å²) in [6.45, 7) is 6.54. The van der Waals surface area contributed by atoms with Gasteiger partial charge in [0.1, 0.15) is 11.4 Å². The number of benzene rings is 1. The van der Waals surface area contributed by atoms with Crippen LogP contribution in [0, 0.1) is 35.4 Å². The summed E-state index contributed by atoms with van der Waals surface area (Å²) in [5, 5.41) is 18.9. The van der Waals surface area contributed by atoms with Crippen molar-refractivity contribution < 1.29 is 14.3 Å². The fourth-order valence-electron chi connectivity index (χ4n) is 4.80. The molecule has 1 aliphatic carbocycles. The topological polar surface area (TPSA) is 112 Å². The number of aromatic nitrogens is 1. The van der Waals surface area contributed by atoms with E-state index >= 15 is 4.39 Å². The van der Waals surface area contributed by atoms with Gasteiger partial charge in [0.15, 0.2) is 0 Å². The van der Waals surface area contributed by atoms with Gasteiger partial charge in [0.2, 0.25) is 5.43 Å². The molecule has 0 radical (unpaired) electrons. The third kappa shape index (κ3) is 3.47. The van der Waals surface area contributed by atoms with Gasteiger partial charge in [-0.2, -0.15) is 5.26 Å². The van der Waals surface area contributed by atoms with Gasteiger partial charge in [-0.3, -0.25) is 4.79 Å². The molecule has 2 aromatic rings. The summed E-state index contributed by atoms with van der Waals surface area (Å²) in [7, 11) is 0. The monoisotopic (exact) mass is 426 g/mol. The minimum Gasteiger partial charge on any atom is -0.477 e. The molecule has 8 heteroatoms. The van der Waals surface area contributed by atoms with Crippen LogP contribution in [-0.4, -0.2) is 34.8 Å². The lowest BCUT2D eigenvalue weighted by molar-refractivity contribution is 0.0695. The van der Waals surface area contributed by atoms with E-state index in [1.807, 2.05) is 23.3 Å². The Morgan fingerprint density at radius 1 is 1.39 bits per heavy atom. The van der Waals surface area contributed by atoms with Gasteiger partial charge in [-0.25, -0.2) is 9.18 Å². The fourth-order valence-corrected chi connectivity index (χ4v) is 4.80. The van der Waals surface area contributed by atoms with Crippen molar-refractivity contribution in [2.75, 3.05) is 18.0 Å². The zero-order valence-electron chi connectivity index (χ0n) is 18.0. The van der Waals surface area contributed by atoms with E-state index in [1.54, 1.807) is 6.92 Å². The van der Waals surface area contributed by atoms with Crippen molar-refractivity contribution in [3.8, 4) is 6.07 Å². The lowest BCUT2D eigenvalue weighted by Gasteiger charge is -2.30. The molecule has 1 aromatic heterocycles. The highest BCUT2D eigenvalue weighted by molar-refractivity contribution is 5.95. The molecule has 2 heterocycles. The summed E-state index contributed by atoms with van der Waals surface area (Å²) in [6, 6.07) is 3.22.